The molecule has 5 nitrogen and oxygen atoms in total. The van der Waals surface area contributed by atoms with Crippen LogP contribution in [-0.2, 0) is 14.8 Å². The molecule has 0 spiro atoms. The lowest BCUT2D eigenvalue weighted by Crippen LogP contribution is -2.42. The van der Waals surface area contributed by atoms with Crippen LogP contribution in [0.2, 0.25) is 0 Å². The maximum atomic E-state index is 12.7. The summed E-state index contributed by atoms with van der Waals surface area (Å²) < 4.78 is 26.6. The van der Waals surface area contributed by atoms with Gasteiger partial charge in [-0.1, -0.05) is 31.2 Å². The van der Waals surface area contributed by atoms with Gasteiger partial charge in [-0.15, -0.1) is 0 Å². The lowest BCUT2D eigenvalue weighted by molar-refractivity contribution is -0.120. The molecule has 1 aliphatic rings. The van der Waals surface area contributed by atoms with E-state index in [0.717, 1.165) is 11.8 Å². The van der Waals surface area contributed by atoms with Crippen molar-refractivity contribution in [1.29, 1.82) is 0 Å². The van der Waals surface area contributed by atoms with Crippen molar-refractivity contribution in [3.05, 3.63) is 36.4 Å². The van der Waals surface area contributed by atoms with Crippen LogP contribution in [0, 0.1) is 0 Å². The highest BCUT2D eigenvalue weighted by Gasteiger charge is 2.36. The molecule has 0 unspecified atom stereocenters. The summed E-state index contributed by atoms with van der Waals surface area (Å²) in [7, 11) is -3.66. The SMILES string of the molecule is CC[C@H](C)NC(=O)CN1c2cccc3cccc(c23)S1(=O)=O. The second kappa shape index (κ2) is 5.28. The van der Waals surface area contributed by atoms with Crippen molar-refractivity contribution in [3.63, 3.8) is 0 Å². The molecule has 1 atom stereocenters. The molecule has 1 aliphatic heterocycles. The molecule has 2 aromatic carbocycles. The first-order valence-electron chi connectivity index (χ1n) is 7.29. The summed E-state index contributed by atoms with van der Waals surface area (Å²) in [5.74, 6) is -0.289. The number of amides is 1. The molecule has 2 aromatic rings. The quantitative estimate of drug-likeness (QED) is 0.940. The Balaban J connectivity index is 2.01. The molecule has 0 saturated heterocycles. The van der Waals surface area contributed by atoms with Crippen LogP contribution in [0.1, 0.15) is 20.3 Å². The molecule has 0 aliphatic carbocycles. The van der Waals surface area contributed by atoms with Crippen molar-refractivity contribution in [2.45, 2.75) is 31.2 Å². The van der Waals surface area contributed by atoms with Gasteiger partial charge in [-0.05, 0) is 30.9 Å². The maximum absolute atomic E-state index is 12.7. The molecule has 0 saturated carbocycles. The first-order valence-corrected chi connectivity index (χ1v) is 8.73. The van der Waals surface area contributed by atoms with Crippen molar-refractivity contribution >= 4 is 32.4 Å². The van der Waals surface area contributed by atoms with E-state index in [4.69, 9.17) is 0 Å². The Morgan fingerprint density at radius 3 is 2.59 bits per heavy atom. The number of hydrogen-bond donors (Lipinski definition) is 1. The lowest BCUT2D eigenvalue weighted by Gasteiger charge is -2.19. The molecular formula is C16H18N2O3S. The second-order valence-electron chi connectivity index (χ2n) is 5.52. The van der Waals surface area contributed by atoms with Crippen LogP contribution in [0.15, 0.2) is 41.3 Å². The predicted octanol–water partition coefficient (Wildman–Crippen LogP) is 2.26. The van der Waals surface area contributed by atoms with Crippen LogP contribution in [0.25, 0.3) is 10.8 Å². The highest BCUT2D eigenvalue weighted by molar-refractivity contribution is 7.93. The fourth-order valence-corrected chi connectivity index (χ4v) is 4.35. The molecule has 1 N–H and O–H groups in total. The number of hydrogen-bond acceptors (Lipinski definition) is 3. The Labute approximate surface area is 130 Å². The minimum atomic E-state index is -3.66. The Bertz CT molecular complexity index is 840. The molecule has 3 rings (SSSR count). The van der Waals surface area contributed by atoms with E-state index in [9.17, 15) is 13.2 Å². The molecule has 6 heteroatoms. The van der Waals surface area contributed by atoms with Crippen LogP contribution in [-0.4, -0.2) is 26.9 Å². The molecule has 0 aromatic heterocycles. The normalized spacial score (nSPS) is 16.7. The number of nitrogens with one attached hydrogen (secondary N) is 1. The van der Waals surface area contributed by atoms with Gasteiger partial charge in [0.15, 0.2) is 0 Å². The van der Waals surface area contributed by atoms with Crippen molar-refractivity contribution in [2.24, 2.45) is 0 Å². The highest BCUT2D eigenvalue weighted by Crippen LogP contribution is 2.41. The molecule has 1 heterocycles. The van der Waals surface area contributed by atoms with E-state index in [0.29, 0.717) is 11.1 Å². The zero-order valence-electron chi connectivity index (χ0n) is 12.5. The number of benzene rings is 2. The van der Waals surface area contributed by atoms with E-state index in [1.807, 2.05) is 32.0 Å². The predicted molar refractivity (Wildman–Crippen MR) is 86.4 cm³/mol. The summed E-state index contributed by atoms with van der Waals surface area (Å²) in [6.45, 7) is 3.67. The Morgan fingerprint density at radius 1 is 1.23 bits per heavy atom. The van der Waals surface area contributed by atoms with Gasteiger partial charge in [0, 0.05) is 11.4 Å². The topological polar surface area (TPSA) is 66.5 Å². The fourth-order valence-electron chi connectivity index (χ4n) is 2.68. The zero-order valence-corrected chi connectivity index (χ0v) is 13.4. The van der Waals surface area contributed by atoms with E-state index >= 15 is 0 Å². The van der Waals surface area contributed by atoms with Gasteiger partial charge < -0.3 is 5.32 Å². The average molecular weight is 318 g/mol. The van der Waals surface area contributed by atoms with Gasteiger partial charge in [-0.3, -0.25) is 9.10 Å². The number of nitrogens with zero attached hydrogens (tertiary/aromatic N) is 1. The Hall–Kier alpha value is -2.08. The third-order valence-electron chi connectivity index (χ3n) is 3.99. The van der Waals surface area contributed by atoms with Crippen LogP contribution < -0.4 is 9.62 Å². The van der Waals surface area contributed by atoms with Gasteiger partial charge in [0.05, 0.1) is 10.6 Å². The molecular weight excluding hydrogens is 300 g/mol. The molecule has 116 valence electrons. The largest absolute Gasteiger partial charge is 0.352 e. The second-order valence-corrected chi connectivity index (χ2v) is 7.35. The van der Waals surface area contributed by atoms with Crippen LogP contribution in [0.5, 0.6) is 0 Å². The molecule has 1 amide bonds. The van der Waals surface area contributed by atoms with E-state index < -0.39 is 10.0 Å². The minimum Gasteiger partial charge on any atom is -0.352 e. The number of sulfonamides is 1. The number of carbonyl (C=O) groups is 1. The third-order valence-corrected chi connectivity index (χ3v) is 5.79. The Morgan fingerprint density at radius 2 is 1.91 bits per heavy atom. The van der Waals surface area contributed by atoms with Gasteiger partial charge in [-0.25, -0.2) is 8.42 Å². The van der Waals surface area contributed by atoms with Crippen LogP contribution >= 0.6 is 0 Å². The summed E-state index contributed by atoms with van der Waals surface area (Å²) in [5, 5.41) is 4.37. The highest BCUT2D eigenvalue weighted by atomic mass is 32.2. The summed E-state index contributed by atoms with van der Waals surface area (Å²) in [6.07, 6.45) is 0.800. The number of rotatable bonds is 4. The fraction of sp³-hybridized carbons (Fsp3) is 0.312. The first kappa shape index (κ1) is 14.8. The summed E-state index contributed by atoms with van der Waals surface area (Å²) in [6, 6.07) is 10.6. The standard InChI is InChI=1S/C16H18N2O3S/c1-3-11(2)17-15(19)10-18-13-8-4-6-12-7-5-9-14(16(12)13)22(18,20)21/h4-9,11H,3,10H2,1-2H3,(H,17,19)/t11-/m0/s1. The van der Waals surface area contributed by atoms with Crippen molar-refractivity contribution in [3.8, 4) is 0 Å². The van der Waals surface area contributed by atoms with Crippen LogP contribution in [0.3, 0.4) is 0 Å². The Kier molecular flexibility index (Phi) is 3.56. The molecule has 0 radical (unpaired) electrons. The maximum Gasteiger partial charge on any atom is 0.265 e. The van der Waals surface area contributed by atoms with E-state index in [-0.39, 0.29) is 23.4 Å². The van der Waals surface area contributed by atoms with Gasteiger partial charge in [0.25, 0.3) is 10.0 Å². The summed E-state index contributed by atoms with van der Waals surface area (Å²) >= 11 is 0. The molecule has 22 heavy (non-hydrogen) atoms. The molecule has 0 fully saturated rings. The first-order chi connectivity index (χ1) is 10.4. The number of carbonyl (C=O) groups excluding carboxylic acids is 1. The van der Waals surface area contributed by atoms with Crippen molar-refractivity contribution in [1.82, 2.24) is 5.32 Å². The van der Waals surface area contributed by atoms with Gasteiger partial charge >= 0.3 is 0 Å². The molecule has 0 bridgehead atoms. The minimum absolute atomic E-state index is 0.0241. The van der Waals surface area contributed by atoms with Crippen molar-refractivity contribution in [2.75, 3.05) is 10.8 Å². The van der Waals surface area contributed by atoms with E-state index in [1.54, 1.807) is 18.2 Å². The van der Waals surface area contributed by atoms with Gasteiger partial charge in [0.1, 0.15) is 6.54 Å². The van der Waals surface area contributed by atoms with Crippen LogP contribution in [0.4, 0.5) is 5.69 Å². The summed E-state index contributed by atoms with van der Waals surface area (Å²) in [5.41, 5.74) is 0.576. The van der Waals surface area contributed by atoms with E-state index in [2.05, 4.69) is 5.32 Å². The van der Waals surface area contributed by atoms with Gasteiger partial charge in [0.2, 0.25) is 5.91 Å². The zero-order chi connectivity index (χ0) is 15.9. The third kappa shape index (κ3) is 2.23. The monoisotopic (exact) mass is 318 g/mol. The van der Waals surface area contributed by atoms with E-state index in [1.165, 1.54) is 4.31 Å². The average Bonchev–Trinajstić information content (AvgIpc) is 2.71. The van der Waals surface area contributed by atoms with Gasteiger partial charge in [-0.2, -0.15) is 0 Å². The lowest BCUT2D eigenvalue weighted by atomic mass is 10.1. The van der Waals surface area contributed by atoms with Crippen molar-refractivity contribution < 1.29 is 13.2 Å². The number of anilines is 1. The summed E-state index contributed by atoms with van der Waals surface area (Å²) in [4.78, 5) is 12.4. The smallest absolute Gasteiger partial charge is 0.265 e.